The van der Waals surface area contributed by atoms with E-state index < -0.39 is 0 Å². The van der Waals surface area contributed by atoms with Gasteiger partial charge < -0.3 is 10.2 Å². The second kappa shape index (κ2) is 8.98. The lowest BCUT2D eigenvalue weighted by atomic mass is 10.1. The van der Waals surface area contributed by atoms with Crippen molar-refractivity contribution < 1.29 is 4.79 Å². The minimum atomic E-state index is -0.125. The third-order valence-electron chi connectivity index (χ3n) is 5.32. The smallest absolute Gasteiger partial charge is 0.244 e. The maximum Gasteiger partial charge on any atom is 0.244 e. The Kier molecular flexibility index (Phi) is 5.97. The Morgan fingerprint density at radius 1 is 1.17 bits per heavy atom. The monoisotopic (exact) mass is 390 g/mol. The number of H-pyrrole nitrogens is 1. The third kappa shape index (κ3) is 4.88. The van der Waals surface area contributed by atoms with E-state index in [-0.39, 0.29) is 11.9 Å². The Hall–Kier alpha value is -3.03. The van der Waals surface area contributed by atoms with E-state index in [9.17, 15) is 4.79 Å². The molecule has 1 unspecified atom stereocenters. The van der Waals surface area contributed by atoms with Crippen molar-refractivity contribution in [1.29, 1.82) is 0 Å². The second-order valence-corrected chi connectivity index (χ2v) is 7.42. The molecule has 1 amide bonds. The molecule has 4 rings (SSSR count). The zero-order valence-corrected chi connectivity index (χ0v) is 16.6. The van der Waals surface area contributed by atoms with Crippen molar-refractivity contribution in [3.63, 3.8) is 0 Å². The highest BCUT2D eigenvalue weighted by Gasteiger charge is 2.20. The van der Waals surface area contributed by atoms with Crippen LogP contribution in [0.3, 0.4) is 0 Å². The Balaban J connectivity index is 1.45. The molecule has 3 heterocycles. The van der Waals surface area contributed by atoms with Gasteiger partial charge in [0.05, 0.1) is 11.7 Å². The summed E-state index contributed by atoms with van der Waals surface area (Å²) in [4.78, 5) is 21.6. The molecule has 0 radical (unpaired) electrons. The van der Waals surface area contributed by atoms with Gasteiger partial charge in [-0.3, -0.25) is 14.8 Å². The van der Waals surface area contributed by atoms with E-state index in [0.29, 0.717) is 5.65 Å². The first-order chi connectivity index (χ1) is 14.2. The van der Waals surface area contributed by atoms with Crippen molar-refractivity contribution in [2.24, 2.45) is 0 Å². The fourth-order valence-corrected chi connectivity index (χ4v) is 3.58. The van der Waals surface area contributed by atoms with Crippen LogP contribution in [0.15, 0.2) is 54.7 Å². The maximum absolute atomic E-state index is 12.7. The zero-order chi connectivity index (χ0) is 20.1. The summed E-state index contributed by atoms with van der Waals surface area (Å²) in [6.45, 7) is 4.93. The summed E-state index contributed by atoms with van der Waals surface area (Å²) in [6, 6.07) is 13.9. The molecule has 0 bridgehead atoms. The zero-order valence-electron chi connectivity index (χ0n) is 16.6. The Morgan fingerprint density at radius 3 is 2.76 bits per heavy atom. The fourth-order valence-electron chi connectivity index (χ4n) is 3.58. The van der Waals surface area contributed by atoms with Crippen LogP contribution in [0, 0.1) is 0 Å². The lowest BCUT2D eigenvalue weighted by Gasteiger charge is -2.34. The van der Waals surface area contributed by atoms with Crippen molar-refractivity contribution in [2.45, 2.75) is 6.04 Å². The number of pyridine rings is 1. The Morgan fingerprint density at radius 2 is 1.97 bits per heavy atom. The van der Waals surface area contributed by atoms with Gasteiger partial charge in [0, 0.05) is 50.4 Å². The predicted octanol–water partition coefficient (Wildman–Crippen LogP) is 2.08. The molecule has 0 aliphatic carbocycles. The molecule has 150 valence electrons. The molecular formula is C22H26N6O. The number of carbonyl (C=O) groups is 1. The number of nitrogens with one attached hydrogen (secondary N) is 2. The van der Waals surface area contributed by atoms with E-state index in [1.165, 1.54) is 0 Å². The molecule has 1 aromatic carbocycles. The van der Waals surface area contributed by atoms with Crippen LogP contribution in [0.2, 0.25) is 0 Å². The van der Waals surface area contributed by atoms with E-state index >= 15 is 0 Å². The van der Waals surface area contributed by atoms with Crippen molar-refractivity contribution >= 4 is 23.0 Å². The topological polar surface area (TPSA) is 77.1 Å². The number of rotatable bonds is 6. The number of fused-ring (bicyclic) bond motifs is 1. The highest BCUT2D eigenvalue weighted by Crippen LogP contribution is 2.17. The van der Waals surface area contributed by atoms with Crippen LogP contribution in [-0.2, 0) is 4.79 Å². The van der Waals surface area contributed by atoms with Gasteiger partial charge in [0.2, 0.25) is 5.91 Å². The first-order valence-corrected chi connectivity index (χ1v) is 9.92. The molecule has 1 aliphatic heterocycles. The number of piperazine rings is 1. The van der Waals surface area contributed by atoms with Gasteiger partial charge in [-0.05, 0) is 30.8 Å². The van der Waals surface area contributed by atoms with Crippen LogP contribution in [0.5, 0.6) is 0 Å². The molecule has 0 saturated carbocycles. The highest BCUT2D eigenvalue weighted by molar-refractivity contribution is 5.94. The number of aromatic nitrogens is 3. The van der Waals surface area contributed by atoms with Crippen molar-refractivity contribution in [2.75, 3.05) is 39.8 Å². The third-order valence-corrected chi connectivity index (χ3v) is 5.32. The number of hydrogen-bond acceptors (Lipinski definition) is 5. The molecule has 2 N–H and O–H groups in total. The van der Waals surface area contributed by atoms with E-state index in [1.807, 2.05) is 30.3 Å². The summed E-state index contributed by atoms with van der Waals surface area (Å²) >= 11 is 0. The quantitative estimate of drug-likeness (QED) is 0.630. The lowest BCUT2D eigenvalue weighted by molar-refractivity contribution is -0.117. The summed E-state index contributed by atoms with van der Waals surface area (Å²) in [5, 5.41) is 11.2. The molecule has 0 spiro atoms. The van der Waals surface area contributed by atoms with E-state index in [0.717, 1.165) is 49.4 Å². The first kappa shape index (κ1) is 19.3. The summed E-state index contributed by atoms with van der Waals surface area (Å²) in [7, 11) is 2.15. The minimum absolute atomic E-state index is 0.0584. The molecule has 1 aliphatic rings. The summed E-state index contributed by atoms with van der Waals surface area (Å²) < 4.78 is 0. The normalized spacial score (nSPS) is 17.0. The van der Waals surface area contributed by atoms with Crippen molar-refractivity contribution in [1.82, 2.24) is 30.3 Å². The predicted molar refractivity (Wildman–Crippen MR) is 114 cm³/mol. The highest BCUT2D eigenvalue weighted by atomic mass is 16.1. The van der Waals surface area contributed by atoms with Gasteiger partial charge in [-0.1, -0.05) is 30.3 Å². The SMILES string of the molecule is CN1CCN(CC(NC(=O)/C=C/c2[nH]nc3ncccc23)c2ccccc2)CC1. The fraction of sp³-hybridized carbons (Fsp3) is 0.318. The first-order valence-electron chi connectivity index (χ1n) is 9.92. The van der Waals surface area contributed by atoms with Crippen molar-refractivity contribution in [3.05, 3.63) is 66.0 Å². The van der Waals surface area contributed by atoms with Gasteiger partial charge in [-0.2, -0.15) is 5.10 Å². The van der Waals surface area contributed by atoms with Crippen LogP contribution in [0.4, 0.5) is 0 Å². The average Bonchev–Trinajstić information content (AvgIpc) is 3.17. The van der Waals surface area contributed by atoms with Gasteiger partial charge in [0.1, 0.15) is 0 Å². The Labute approximate surface area is 170 Å². The van der Waals surface area contributed by atoms with Crippen LogP contribution in [-0.4, -0.2) is 70.7 Å². The maximum atomic E-state index is 12.7. The molecule has 3 aromatic rings. The number of carbonyl (C=O) groups excluding carboxylic acids is 1. The molecule has 1 saturated heterocycles. The molecule has 2 aromatic heterocycles. The van der Waals surface area contributed by atoms with Crippen LogP contribution >= 0.6 is 0 Å². The van der Waals surface area contributed by atoms with Crippen LogP contribution in [0.1, 0.15) is 17.3 Å². The number of likely N-dealkylation sites (N-methyl/N-ethyl adjacent to an activating group) is 1. The van der Waals surface area contributed by atoms with Gasteiger partial charge in [-0.25, -0.2) is 4.98 Å². The number of benzene rings is 1. The summed E-state index contributed by atoms with van der Waals surface area (Å²) in [5.41, 5.74) is 2.53. The standard InChI is InChI=1S/C22H26N6O/c1-27-12-14-28(15-13-27)16-20(17-6-3-2-4-7-17)24-21(29)10-9-19-18-8-5-11-23-22(18)26-25-19/h2-11,20H,12-16H2,1H3,(H,24,29)(H,23,25,26)/b10-9+. The Bertz CT molecular complexity index is 975. The number of amides is 1. The van der Waals surface area contributed by atoms with Gasteiger partial charge in [0.25, 0.3) is 0 Å². The molecule has 29 heavy (non-hydrogen) atoms. The van der Waals surface area contributed by atoms with Gasteiger partial charge >= 0.3 is 0 Å². The molecule has 1 atom stereocenters. The summed E-state index contributed by atoms with van der Waals surface area (Å²) in [5.74, 6) is -0.125. The van der Waals surface area contributed by atoms with E-state index in [2.05, 4.69) is 49.5 Å². The number of hydrogen-bond donors (Lipinski definition) is 2. The van der Waals surface area contributed by atoms with E-state index in [4.69, 9.17) is 0 Å². The molecule has 7 nitrogen and oxygen atoms in total. The minimum Gasteiger partial charge on any atom is -0.344 e. The van der Waals surface area contributed by atoms with Gasteiger partial charge in [-0.15, -0.1) is 0 Å². The second-order valence-electron chi connectivity index (χ2n) is 7.42. The molecule has 7 heteroatoms. The largest absolute Gasteiger partial charge is 0.344 e. The lowest BCUT2D eigenvalue weighted by Crippen LogP contribution is -2.47. The van der Waals surface area contributed by atoms with Crippen LogP contribution in [0.25, 0.3) is 17.1 Å². The number of aromatic amines is 1. The van der Waals surface area contributed by atoms with E-state index in [1.54, 1.807) is 18.3 Å². The number of nitrogens with zero attached hydrogens (tertiary/aromatic N) is 4. The molecule has 1 fully saturated rings. The summed E-state index contributed by atoms with van der Waals surface area (Å²) in [6.07, 6.45) is 5.01. The molecular weight excluding hydrogens is 364 g/mol. The van der Waals surface area contributed by atoms with Crippen molar-refractivity contribution in [3.8, 4) is 0 Å². The van der Waals surface area contributed by atoms with Crippen LogP contribution < -0.4 is 5.32 Å². The average molecular weight is 390 g/mol. The van der Waals surface area contributed by atoms with Gasteiger partial charge in [0.15, 0.2) is 5.65 Å².